The number of rotatable bonds is 7. The predicted octanol–water partition coefficient (Wildman–Crippen LogP) is 5.99. The summed E-state index contributed by atoms with van der Waals surface area (Å²) in [7, 11) is 1.61. The zero-order valence-corrected chi connectivity index (χ0v) is 19.9. The largest absolute Gasteiger partial charge is 0.497 e. The topological polar surface area (TPSA) is 74.4 Å². The van der Waals surface area contributed by atoms with E-state index in [4.69, 9.17) is 16.3 Å². The number of hydrogen-bond acceptors (Lipinski definition) is 3. The van der Waals surface area contributed by atoms with Gasteiger partial charge >= 0.3 is 6.03 Å². The molecule has 6 nitrogen and oxygen atoms in total. The third kappa shape index (κ3) is 5.41. The molecule has 7 heteroatoms. The molecule has 0 unspecified atom stereocenters. The number of halogens is 1. The van der Waals surface area contributed by atoms with Crippen molar-refractivity contribution in [2.45, 2.75) is 26.4 Å². The standard InChI is InChI=1S/C27H26ClN3O3/c1-3-18-10-13-24-20(14-18)15-21(26(32)29-24)17-31(16-19-8-11-22(34-2)12-9-19)27(33)30-25-7-5-4-6-23(25)28/h4-15H,3,16-17H2,1-2H3,(H,29,32)(H,30,33). The van der Waals surface area contributed by atoms with Crippen molar-refractivity contribution in [1.29, 1.82) is 0 Å². The zero-order chi connectivity index (χ0) is 24.1. The van der Waals surface area contributed by atoms with Crippen molar-refractivity contribution in [3.05, 3.63) is 105 Å². The highest BCUT2D eigenvalue weighted by Gasteiger charge is 2.18. The van der Waals surface area contributed by atoms with Gasteiger partial charge in [0, 0.05) is 17.6 Å². The minimum absolute atomic E-state index is 0.129. The molecule has 1 aromatic heterocycles. The lowest BCUT2D eigenvalue weighted by Gasteiger charge is -2.24. The lowest BCUT2D eigenvalue weighted by molar-refractivity contribution is 0.206. The highest BCUT2D eigenvalue weighted by atomic mass is 35.5. The van der Waals surface area contributed by atoms with Gasteiger partial charge in [-0.3, -0.25) is 4.79 Å². The first-order valence-electron chi connectivity index (χ1n) is 11.0. The quantitative estimate of drug-likeness (QED) is 0.345. The Balaban J connectivity index is 1.66. The first kappa shape index (κ1) is 23.4. The van der Waals surface area contributed by atoms with Crippen LogP contribution in [0, 0.1) is 0 Å². The van der Waals surface area contributed by atoms with E-state index in [1.165, 1.54) is 5.56 Å². The van der Waals surface area contributed by atoms with Gasteiger partial charge in [-0.1, -0.05) is 48.9 Å². The molecular weight excluding hydrogens is 450 g/mol. The van der Waals surface area contributed by atoms with E-state index in [1.54, 1.807) is 36.3 Å². The Bertz CT molecular complexity index is 1370. The van der Waals surface area contributed by atoms with Gasteiger partial charge in [0.25, 0.3) is 5.56 Å². The Morgan fingerprint density at radius 2 is 1.74 bits per heavy atom. The van der Waals surface area contributed by atoms with E-state index in [-0.39, 0.29) is 18.1 Å². The third-order valence-corrected chi connectivity index (χ3v) is 6.02. The zero-order valence-electron chi connectivity index (χ0n) is 19.1. The second-order valence-electron chi connectivity index (χ2n) is 8.01. The molecule has 0 radical (unpaired) electrons. The van der Waals surface area contributed by atoms with Gasteiger partial charge in [0.1, 0.15) is 5.75 Å². The van der Waals surface area contributed by atoms with E-state index in [0.717, 1.165) is 28.6 Å². The molecule has 4 rings (SSSR count). The smallest absolute Gasteiger partial charge is 0.322 e. The Labute approximate surface area is 203 Å². The summed E-state index contributed by atoms with van der Waals surface area (Å²) in [5.74, 6) is 0.730. The first-order chi connectivity index (χ1) is 16.5. The number of urea groups is 1. The second kappa shape index (κ2) is 10.4. The number of aryl methyl sites for hydroxylation is 1. The van der Waals surface area contributed by atoms with Crippen molar-refractivity contribution < 1.29 is 9.53 Å². The van der Waals surface area contributed by atoms with Crippen LogP contribution in [0.4, 0.5) is 10.5 Å². The molecule has 0 spiro atoms. The molecule has 3 aromatic carbocycles. The molecule has 2 N–H and O–H groups in total. The maximum Gasteiger partial charge on any atom is 0.322 e. The monoisotopic (exact) mass is 475 g/mol. The summed E-state index contributed by atoms with van der Waals surface area (Å²) in [5, 5.41) is 4.24. The van der Waals surface area contributed by atoms with Gasteiger partial charge in [-0.2, -0.15) is 0 Å². The molecule has 0 fully saturated rings. The van der Waals surface area contributed by atoms with Gasteiger partial charge in [0.2, 0.25) is 0 Å². The van der Waals surface area contributed by atoms with Crippen LogP contribution in [0.25, 0.3) is 10.9 Å². The molecule has 0 aliphatic carbocycles. The predicted molar refractivity (Wildman–Crippen MR) is 137 cm³/mol. The van der Waals surface area contributed by atoms with Crippen LogP contribution in [0.1, 0.15) is 23.6 Å². The number of ether oxygens (including phenoxy) is 1. The number of aromatic amines is 1. The molecule has 2 amide bonds. The number of benzene rings is 3. The van der Waals surface area contributed by atoms with Gasteiger partial charge in [-0.05, 0) is 65.4 Å². The first-order valence-corrected chi connectivity index (χ1v) is 11.4. The van der Waals surface area contributed by atoms with Crippen molar-refractivity contribution in [3.8, 4) is 5.75 Å². The van der Waals surface area contributed by atoms with Crippen LogP contribution < -0.4 is 15.6 Å². The van der Waals surface area contributed by atoms with Gasteiger partial charge in [0.05, 0.1) is 24.4 Å². The number of anilines is 1. The number of aromatic nitrogens is 1. The second-order valence-corrected chi connectivity index (χ2v) is 8.42. The maximum atomic E-state index is 13.3. The number of nitrogens with one attached hydrogen (secondary N) is 2. The van der Waals surface area contributed by atoms with Crippen molar-refractivity contribution in [2.75, 3.05) is 12.4 Å². The molecule has 0 aliphatic rings. The van der Waals surface area contributed by atoms with Crippen molar-refractivity contribution in [2.24, 2.45) is 0 Å². The van der Waals surface area contributed by atoms with E-state index >= 15 is 0 Å². The van der Waals surface area contributed by atoms with Crippen LogP contribution in [0.15, 0.2) is 77.6 Å². The molecule has 0 aliphatic heterocycles. The minimum Gasteiger partial charge on any atom is -0.497 e. The summed E-state index contributed by atoms with van der Waals surface area (Å²) in [6.45, 7) is 2.51. The van der Waals surface area contributed by atoms with Crippen LogP contribution in [0.3, 0.4) is 0 Å². The molecule has 0 saturated carbocycles. The number of para-hydroxylation sites is 1. The molecule has 4 aromatic rings. The lowest BCUT2D eigenvalue weighted by Crippen LogP contribution is -2.35. The van der Waals surface area contributed by atoms with Crippen LogP contribution in [-0.4, -0.2) is 23.0 Å². The van der Waals surface area contributed by atoms with Gasteiger partial charge in [-0.25, -0.2) is 4.79 Å². The van der Waals surface area contributed by atoms with E-state index in [0.29, 0.717) is 22.8 Å². The fraction of sp³-hybridized carbons (Fsp3) is 0.185. The number of pyridine rings is 1. The van der Waals surface area contributed by atoms with Gasteiger partial charge in [0.15, 0.2) is 0 Å². The van der Waals surface area contributed by atoms with E-state index in [1.807, 2.05) is 42.5 Å². The SMILES string of the molecule is CCc1ccc2[nH]c(=O)c(CN(Cc3ccc(OC)cc3)C(=O)Nc3ccccc3Cl)cc2c1. The summed E-state index contributed by atoms with van der Waals surface area (Å²) in [5.41, 5.74) is 3.64. The Morgan fingerprint density at radius 3 is 2.44 bits per heavy atom. The normalized spacial score (nSPS) is 10.8. The number of nitrogens with zero attached hydrogens (tertiary/aromatic N) is 1. The average Bonchev–Trinajstić information content (AvgIpc) is 2.85. The number of amides is 2. The molecule has 0 atom stereocenters. The Morgan fingerprint density at radius 1 is 1.00 bits per heavy atom. The van der Waals surface area contributed by atoms with E-state index in [9.17, 15) is 9.59 Å². The highest BCUT2D eigenvalue weighted by molar-refractivity contribution is 6.33. The molecule has 34 heavy (non-hydrogen) atoms. The maximum absolute atomic E-state index is 13.3. The van der Waals surface area contributed by atoms with Crippen molar-refractivity contribution in [1.82, 2.24) is 9.88 Å². The fourth-order valence-electron chi connectivity index (χ4n) is 3.75. The third-order valence-electron chi connectivity index (χ3n) is 5.69. The van der Waals surface area contributed by atoms with Crippen LogP contribution in [-0.2, 0) is 19.5 Å². The van der Waals surface area contributed by atoms with E-state index in [2.05, 4.69) is 23.3 Å². The average molecular weight is 476 g/mol. The fourth-order valence-corrected chi connectivity index (χ4v) is 3.93. The molecule has 174 valence electrons. The summed E-state index contributed by atoms with van der Waals surface area (Å²) in [6, 6.07) is 22.0. The van der Waals surface area contributed by atoms with Crippen molar-refractivity contribution >= 4 is 34.2 Å². The Kier molecular flexibility index (Phi) is 7.18. The van der Waals surface area contributed by atoms with Crippen molar-refractivity contribution in [3.63, 3.8) is 0 Å². The summed E-state index contributed by atoms with van der Waals surface area (Å²) in [6.07, 6.45) is 0.897. The highest BCUT2D eigenvalue weighted by Crippen LogP contribution is 2.22. The van der Waals surface area contributed by atoms with Crippen LogP contribution >= 0.6 is 11.6 Å². The molecule has 1 heterocycles. The minimum atomic E-state index is -0.356. The Hall–Kier alpha value is -3.77. The molecule has 0 bridgehead atoms. The lowest BCUT2D eigenvalue weighted by atomic mass is 10.1. The summed E-state index contributed by atoms with van der Waals surface area (Å²) in [4.78, 5) is 30.7. The summed E-state index contributed by atoms with van der Waals surface area (Å²) >= 11 is 6.24. The number of hydrogen-bond donors (Lipinski definition) is 2. The van der Waals surface area contributed by atoms with Gasteiger partial charge in [-0.15, -0.1) is 0 Å². The molecule has 0 saturated heterocycles. The number of H-pyrrole nitrogens is 1. The number of carbonyl (C=O) groups excluding carboxylic acids is 1. The molecular formula is C27H26ClN3O3. The van der Waals surface area contributed by atoms with Crippen LogP contribution in [0.5, 0.6) is 5.75 Å². The number of carbonyl (C=O) groups is 1. The summed E-state index contributed by atoms with van der Waals surface area (Å²) < 4.78 is 5.23. The number of methoxy groups -OCH3 is 1. The number of fused-ring (bicyclic) bond motifs is 1. The van der Waals surface area contributed by atoms with Gasteiger partial charge < -0.3 is 19.9 Å². The van der Waals surface area contributed by atoms with Crippen LogP contribution in [0.2, 0.25) is 5.02 Å². The van der Waals surface area contributed by atoms with E-state index < -0.39 is 0 Å².